The molecule has 28 heavy (non-hydrogen) atoms. The van der Waals surface area contributed by atoms with Crippen molar-refractivity contribution >= 4 is 24.7 Å². The maximum atomic E-state index is 12.4. The van der Waals surface area contributed by atoms with Crippen molar-refractivity contribution in [1.82, 2.24) is 5.32 Å². The molecule has 0 bridgehead atoms. The smallest absolute Gasteiger partial charge is 0.222 e. The van der Waals surface area contributed by atoms with Gasteiger partial charge in [0.25, 0.3) is 0 Å². The lowest BCUT2D eigenvalue weighted by atomic mass is 10.0. The summed E-state index contributed by atoms with van der Waals surface area (Å²) >= 11 is 0. The molecule has 1 N–H and O–H groups in total. The van der Waals surface area contributed by atoms with Gasteiger partial charge in [-0.1, -0.05) is 6.92 Å². The summed E-state index contributed by atoms with van der Waals surface area (Å²) < 4.78 is 42.5. The summed E-state index contributed by atoms with van der Waals surface area (Å²) in [6.45, 7) is 2.19. The van der Waals surface area contributed by atoms with Crippen molar-refractivity contribution in [2.24, 2.45) is 0 Å². The van der Waals surface area contributed by atoms with Crippen molar-refractivity contribution in [2.45, 2.75) is 44.6 Å². The van der Waals surface area contributed by atoms with Crippen LogP contribution in [0.3, 0.4) is 0 Å². The maximum Gasteiger partial charge on any atom is 0.222 e. The van der Waals surface area contributed by atoms with Crippen molar-refractivity contribution in [3.63, 3.8) is 0 Å². The monoisotopic (exact) mass is 409 g/mol. The van der Waals surface area contributed by atoms with Gasteiger partial charge in [-0.2, -0.15) is 0 Å². The Morgan fingerprint density at radius 1 is 0.821 bits per heavy atom. The lowest BCUT2D eigenvalue weighted by Gasteiger charge is -2.34. The summed E-state index contributed by atoms with van der Waals surface area (Å²) in [5.74, 6) is -0.364. The molecule has 0 rings (SSSR count). The molecule has 0 heterocycles. The third kappa shape index (κ3) is 14.4. The minimum Gasteiger partial charge on any atom is -0.381 e. The molecule has 162 valence electrons. The Hall–Kier alpha value is -1.68. The van der Waals surface area contributed by atoms with E-state index in [0.29, 0.717) is 6.61 Å². The van der Waals surface area contributed by atoms with Gasteiger partial charge in [0.1, 0.15) is 28.4 Å². The zero-order chi connectivity index (χ0) is 23.5. The average Bonchev–Trinajstić information content (AvgIpc) is 2.69. The van der Waals surface area contributed by atoms with Gasteiger partial charge in [0, 0.05) is 32.3 Å². The second-order valence-electron chi connectivity index (χ2n) is 6.03. The molecule has 0 aromatic rings. The summed E-state index contributed by atoms with van der Waals surface area (Å²) in [6.07, 6.45) is -1.87. The van der Waals surface area contributed by atoms with Crippen LogP contribution < -0.4 is 5.32 Å². The normalized spacial score (nSPS) is 12.7. The number of carbonyl (C=O) groups is 4. The maximum absolute atomic E-state index is 12.4. The first-order valence-electron chi connectivity index (χ1n) is 10.8. The average molecular weight is 409 g/mol. The van der Waals surface area contributed by atoms with Crippen molar-refractivity contribution in [3.05, 3.63) is 0 Å². The van der Waals surface area contributed by atoms with Gasteiger partial charge >= 0.3 is 0 Å². The Bertz CT molecular complexity index is 507. The highest BCUT2D eigenvalue weighted by atomic mass is 16.5. The van der Waals surface area contributed by atoms with Gasteiger partial charge in [-0.25, -0.2) is 0 Å². The first kappa shape index (κ1) is 21.0. The third-order valence-corrected chi connectivity index (χ3v) is 3.41. The number of carbonyl (C=O) groups excluding carboxylic acids is 4. The first-order chi connectivity index (χ1) is 14.7. The number of aldehydes is 3. The van der Waals surface area contributed by atoms with E-state index in [1.165, 1.54) is 0 Å². The van der Waals surface area contributed by atoms with E-state index in [4.69, 9.17) is 23.1 Å². The van der Waals surface area contributed by atoms with E-state index in [0.717, 1.165) is 6.42 Å². The molecule has 1 amide bonds. The molecule has 0 atom stereocenters. The van der Waals surface area contributed by atoms with Crippen LogP contribution in [0.4, 0.5) is 0 Å². The second-order valence-corrected chi connectivity index (χ2v) is 6.03. The molecule has 0 aromatic carbocycles. The minimum absolute atomic E-state index is 0.0457. The Balaban J connectivity index is 5.11. The van der Waals surface area contributed by atoms with Crippen molar-refractivity contribution in [1.29, 1.82) is 0 Å². The van der Waals surface area contributed by atoms with E-state index in [1.54, 1.807) is 0 Å². The van der Waals surface area contributed by atoms with Gasteiger partial charge in [-0.15, -0.1) is 0 Å². The highest BCUT2D eigenvalue weighted by molar-refractivity contribution is 5.77. The molecule has 9 heteroatoms. The highest BCUT2D eigenvalue weighted by Crippen LogP contribution is 2.11. The Morgan fingerprint density at radius 2 is 1.29 bits per heavy atom. The Kier molecular flexibility index (Phi) is 14.0. The molecular formula is C19H33NO8. The second kappa shape index (κ2) is 18.7. The minimum atomic E-state index is -1.21. The van der Waals surface area contributed by atoms with Crippen molar-refractivity contribution < 1.29 is 42.2 Å². The summed E-state index contributed by atoms with van der Waals surface area (Å²) in [4.78, 5) is 44.9. The fourth-order valence-corrected chi connectivity index (χ4v) is 2.15. The Morgan fingerprint density at radius 3 is 1.68 bits per heavy atom. The Labute approximate surface area is 170 Å². The number of rotatable bonds is 21. The molecule has 0 aliphatic carbocycles. The summed E-state index contributed by atoms with van der Waals surface area (Å²) in [5, 5.41) is 2.78. The third-order valence-electron chi connectivity index (χ3n) is 3.41. The molecule has 0 saturated carbocycles. The molecule has 0 aliphatic heterocycles. The van der Waals surface area contributed by atoms with Gasteiger partial charge in [0.05, 0.1) is 46.2 Å². The quantitative estimate of drug-likeness (QED) is 0.215. The van der Waals surface area contributed by atoms with Crippen molar-refractivity contribution in [3.8, 4) is 0 Å². The highest BCUT2D eigenvalue weighted by Gasteiger charge is 2.33. The fourth-order valence-electron chi connectivity index (χ4n) is 2.15. The lowest BCUT2D eigenvalue weighted by Crippen LogP contribution is -2.58. The van der Waals surface area contributed by atoms with Crippen LogP contribution in [0.2, 0.25) is 0 Å². The molecule has 0 aromatic heterocycles. The number of nitrogens with one attached hydrogen (secondary N) is 1. The SMILES string of the molecule is [3H]C(=O)CCOCC(COCCC([3H])=O)(COCCC([3H])=O)NC(=O)CCOCCC. The number of hydrogen-bond acceptors (Lipinski definition) is 8. The van der Waals surface area contributed by atoms with E-state index in [1.807, 2.05) is 6.92 Å². The molecule has 0 unspecified atom stereocenters. The van der Waals surface area contributed by atoms with Crippen LogP contribution in [-0.2, 0) is 38.1 Å². The van der Waals surface area contributed by atoms with Gasteiger partial charge in [-0.3, -0.25) is 4.79 Å². The lowest BCUT2D eigenvalue weighted by molar-refractivity contribution is -0.129. The number of amides is 1. The number of ether oxygens (including phenoxy) is 4. The van der Waals surface area contributed by atoms with E-state index in [9.17, 15) is 19.2 Å². The molecular weight excluding hydrogens is 370 g/mol. The molecule has 0 aliphatic rings. The first-order valence-corrected chi connectivity index (χ1v) is 9.31. The van der Waals surface area contributed by atoms with E-state index >= 15 is 0 Å². The largest absolute Gasteiger partial charge is 0.381 e. The summed E-state index contributed by atoms with van der Waals surface area (Å²) in [7, 11) is 0. The van der Waals surface area contributed by atoms with Crippen molar-refractivity contribution in [2.75, 3.05) is 52.9 Å². The van der Waals surface area contributed by atoms with Crippen LogP contribution in [0.5, 0.6) is 0 Å². The summed E-state index contributed by atoms with van der Waals surface area (Å²) in [5.41, 5.74) is -1.21. The molecule has 9 nitrogen and oxygen atoms in total. The van der Waals surface area contributed by atoms with E-state index < -0.39 is 24.3 Å². The van der Waals surface area contributed by atoms with Crippen LogP contribution in [0.25, 0.3) is 0 Å². The molecule has 0 spiro atoms. The predicted octanol–water partition coefficient (Wildman–Crippen LogP) is 0.475. The molecule has 0 fully saturated rings. The predicted molar refractivity (Wildman–Crippen MR) is 101 cm³/mol. The van der Waals surface area contributed by atoms with Gasteiger partial charge in [0.2, 0.25) is 5.91 Å². The molecule has 0 radical (unpaired) electrons. The zero-order valence-electron chi connectivity index (χ0n) is 19.5. The van der Waals surface area contributed by atoms with Crippen LogP contribution >= 0.6 is 0 Å². The van der Waals surface area contributed by atoms with E-state index in [2.05, 4.69) is 5.32 Å². The van der Waals surface area contributed by atoms with E-state index in [-0.39, 0.29) is 77.8 Å². The molecule has 0 saturated heterocycles. The van der Waals surface area contributed by atoms with Crippen LogP contribution in [0.1, 0.15) is 43.1 Å². The number of hydrogen-bond donors (Lipinski definition) is 1. The zero-order valence-corrected chi connectivity index (χ0v) is 16.5. The summed E-state index contributed by atoms with van der Waals surface area (Å²) in [6, 6.07) is 0. The van der Waals surface area contributed by atoms with Crippen LogP contribution in [-0.4, -0.2) is 83.1 Å². The standard InChI is InChI=1S/C19H33NO8/c1-2-10-25-14-6-18(24)20-19(15-26-11-3-7-21,16-27-12-4-8-22)17-28-13-5-9-23/h7-9H,2-6,10-17H2,1H3,(H,20,24)/i7T,8T,9T. The van der Waals surface area contributed by atoms with Crippen LogP contribution in [0, 0.1) is 0 Å². The van der Waals surface area contributed by atoms with Crippen LogP contribution in [0.15, 0.2) is 0 Å². The van der Waals surface area contributed by atoms with Gasteiger partial charge in [0.15, 0.2) is 0 Å². The fraction of sp³-hybridized carbons (Fsp3) is 0.789. The topological polar surface area (TPSA) is 117 Å². The van der Waals surface area contributed by atoms with Gasteiger partial charge in [-0.05, 0) is 6.42 Å². The van der Waals surface area contributed by atoms with Gasteiger partial charge < -0.3 is 38.6 Å².